The van der Waals surface area contributed by atoms with Gasteiger partial charge >= 0.3 is 0 Å². The average Bonchev–Trinajstić information content (AvgIpc) is 2.37. The largest absolute Gasteiger partial charge is 0.508 e. The lowest BCUT2D eigenvalue weighted by Crippen LogP contribution is -2.20. The Bertz CT molecular complexity index is 473. The van der Waals surface area contributed by atoms with E-state index in [1.165, 1.54) is 0 Å². The third kappa shape index (κ3) is 3.01. The van der Waals surface area contributed by atoms with Gasteiger partial charge in [0.25, 0.3) is 0 Å². The van der Waals surface area contributed by atoms with E-state index in [4.69, 9.17) is 0 Å². The number of hydrogen-bond acceptors (Lipinski definition) is 4. The molecule has 17 heavy (non-hydrogen) atoms. The first-order valence-corrected chi connectivity index (χ1v) is 5.50. The molecule has 1 atom stereocenters. The number of benzene rings is 1. The third-order valence-corrected chi connectivity index (χ3v) is 2.64. The van der Waals surface area contributed by atoms with Crippen molar-refractivity contribution in [3.8, 4) is 5.75 Å². The summed E-state index contributed by atoms with van der Waals surface area (Å²) in [5, 5.41) is 12.6. The Balaban J connectivity index is 2.16. The van der Waals surface area contributed by atoms with Gasteiger partial charge in [0.1, 0.15) is 5.75 Å². The van der Waals surface area contributed by atoms with Crippen LogP contribution >= 0.6 is 0 Å². The van der Waals surface area contributed by atoms with Crippen LogP contribution < -0.4 is 5.32 Å². The molecule has 1 unspecified atom stereocenters. The maximum Gasteiger partial charge on any atom is 0.115 e. The van der Waals surface area contributed by atoms with Gasteiger partial charge in [0.05, 0.1) is 11.7 Å². The highest BCUT2D eigenvalue weighted by Crippen LogP contribution is 2.18. The zero-order chi connectivity index (χ0) is 12.1. The molecule has 0 bridgehead atoms. The number of likely N-dealkylation sites (N-methyl/N-ethyl adjacent to an activating group) is 1. The van der Waals surface area contributed by atoms with Crippen molar-refractivity contribution in [1.29, 1.82) is 0 Å². The minimum atomic E-state index is 0.102. The highest BCUT2D eigenvalue weighted by atomic mass is 16.3. The first-order valence-electron chi connectivity index (χ1n) is 5.50. The zero-order valence-electron chi connectivity index (χ0n) is 9.67. The van der Waals surface area contributed by atoms with E-state index in [0.29, 0.717) is 0 Å². The lowest BCUT2D eigenvalue weighted by atomic mass is 10.0. The molecule has 88 valence electrons. The Labute approximate surface area is 100 Å². The number of aromatic hydroxyl groups is 1. The molecule has 0 aliphatic rings. The number of rotatable bonds is 4. The van der Waals surface area contributed by atoms with Crippen molar-refractivity contribution in [1.82, 2.24) is 15.3 Å². The fourth-order valence-electron chi connectivity index (χ4n) is 1.76. The molecular weight excluding hydrogens is 214 g/mol. The monoisotopic (exact) mass is 229 g/mol. The second-order valence-corrected chi connectivity index (χ2v) is 3.85. The minimum absolute atomic E-state index is 0.102. The summed E-state index contributed by atoms with van der Waals surface area (Å²) in [6.07, 6.45) is 5.86. The molecule has 0 saturated carbocycles. The summed E-state index contributed by atoms with van der Waals surface area (Å²) in [7, 11) is 1.89. The molecule has 2 rings (SSSR count). The number of phenolic OH excluding ortho intramolecular Hbond substituents is 1. The quantitative estimate of drug-likeness (QED) is 0.837. The summed E-state index contributed by atoms with van der Waals surface area (Å²) >= 11 is 0. The normalized spacial score (nSPS) is 12.3. The summed E-state index contributed by atoms with van der Waals surface area (Å²) in [5.41, 5.74) is 1.97. The van der Waals surface area contributed by atoms with E-state index < -0.39 is 0 Å². The van der Waals surface area contributed by atoms with Crippen molar-refractivity contribution < 1.29 is 5.11 Å². The molecule has 0 aliphatic heterocycles. The number of nitrogens with one attached hydrogen (secondary N) is 1. The van der Waals surface area contributed by atoms with Crippen LogP contribution in [0.2, 0.25) is 0 Å². The van der Waals surface area contributed by atoms with Crippen LogP contribution in [0.4, 0.5) is 0 Å². The van der Waals surface area contributed by atoms with Gasteiger partial charge in [-0.3, -0.25) is 9.97 Å². The molecule has 0 aliphatic carbocycles. The van der Waals surface area contributed by atoms with Crippen molar-refractivity contribution in [2.75, 3.05) is 7.05 Å². The summed E-state index contributed by atoms with van der Waals surface area (Å²) < 4.78 is 0. The fraction of sp³-hybridized carbons (Fsp3) is 0.231. The topological polar surface area (TPSA) is 58.0 Å². The van der Waals surface area contributed by atoms with E-state index in [9.17, 15) is 5.11 Å². The van der Waals surface area contributed by atoms with Crippen molar-refractivity contribution in [3.63, 3.8) is 0 Å². The van der Waals surface area contributed by atoms with E-state index in [1.807, 2.05) is 19.2 Å². The third-order valence-electron chi connectivity index (χ3n) is 2.64. The van der Waals surface area contributed by atoms with Crippen LogP contribution in [0.1, 0.15) is 17.3 Å². The van der Waals surface area contributed by atoms with Crippen molar-refractivity contribution in [2.24, 2.45) is 0 Å². The van der Waals surface area contributed by atoms with E-state index >= 15 is 0 Å². The summed E-state index contributed by atoms with van der Waals surface area (Å²) in [6, 6.07) is 7.36. The molecule has 2 aromatic rings. The molecule has 4 nitrogen and oxygen atoms in total. The van der Waals surface area contributed by atoms with Crippen molar-refractivity contribution >= 4 is 0 Å². The molecule has 0 amide bonds. The van der Waals surface area contributed by atoms with Gasteiger partial charge in [-0.1, -0.05) is 12.1 Å². The molecule has 1 aromatic heterocycles. The zero-order valence-corrected chi connectivity index (χ0v) is 9.67. The number of nitrogens with zero attached hydrogens (tertiary/aromatic N) is 2. The molecular formula is C13H15N3O. The van der Waals surface area contributed by atoms with Gasteiger partial charge in [0, 0.05) is 18.6 Å². The van der Waals surface area contributed by atoms with Crippen LogP contribution in [-0.2, 0) is 6.42 Å². The van der Waals surface area contributed by atoms with Gasteiger partial charge in [-0.15, -0.1) is 0 Å². The van der Waals surface area contributed by atoms with E-state index in [-0.39, 0.29) is 11.8 Å². The molecule has 1 heterocycles. The molecule has 0 radical (unpaired) electrons. The van der Waals surface area contributed by atoms with Gasteiger partial charge in [-0.2, -0.15) is 0 Å². The first kappa shape index (κ1) is 11.5. The SMILES string of the molecule is CNC(Cc1cccc(O)c1)c1cnccn1. The van der Waals surface area contributed by atoms with Crippen LogP contribution in [0.25, 0.3) is 0 Å². The molecule has 2 N–H and O–H groups in total. The first-order chi connectivity index (χ1) is 8.29. The summed E-state index contributed by atoms with van der Waals surface area (Å²) in [5.74, 6) is 0.288. The highest BCUT2D eigenvalue weighted by Gasteiger charge is 2.11. The summed E-state index contributed by atoms with van der Waals surface area (Å²) in [6.45, 7) is 0. The minimum Gasteiger partial charge on any atom is -0.508 e. The van der Waals surface area contributed by atoms with Crippen molar-refractivity contribution in [3.05, 3.63) is 54.1 Å². The van der Waals surface area contributed by atoms with E-state index in [1.54, 1.807) is 30.7 Å². The van der Waals surface area contributed by atoms with E-state index in [2.05, 4.69) is 15.3 Å². The van der Waals surface area contributed by atoms with Gasteiger partial charge in [-0.25, -0.2) is 0 Å². The lowest BCUT2D eigenvalue weighted by Gasteiger charge is -2.15. The molecule has 0 fully saturated rings. The van der Waals surface area contributed by atoms with Gasteiger partial charge < -0.3 is 10.4 Å². The Morgan fingerprint density at radius 1 is 1.35 bits per heavy atom. The van der Waals surface area contributed by atoms with Crippen LogP contribution in [0.5, 0.6) is 5.75 Å². The maximum atomic E-state index is 9.42. The standard InChI is InChI=1S/C13H15N3O/c1-14-12(13-9-15-5-6-16-13)8-10-3-2-4-11(17)7-10/h2-7,9,12,14,17H,8H2,1H3. The average molecular weight is 229 g/mol. The lowest BCUT2D eigenvalue weighted by molar-refractivity contribution is 0.473. The molecule has 4 heteroatoms. The molecule has 1 aromatic carbocycles. The van der Waals surface area contributed by atoms with Gasteiger partial charge in [-0.05, 0) is 31.2 Å². The predicted octanol–water partition coefficient (Wildman–Crippen LogP) is 1.69. The van der Waals surface area contributed by atoms with E-state index in [0.717, 1.165) is 17.7 Å². The van der Waals surface area contributed by atoms with Gasteiger partial charge in [0.15, 0.2) is 0 Å². The Hall–Kier alpha value is -1.94. The van der Waals surface area contributed by atoms with Crippen LogP contribution in [0.3, 0.4) is 0 Å². The molecule has 0 spiro atoms. The number of phenols is 1. The van der Waals surface area contributed by atoms with Crippen LogP contribution in [0.15, 0.2) is 42.9 Å². The smallest absolute Gasteiger partial charge is 0.115 e. The maximum absolute atomic E-state index is 9.42. The number of aromatic nitrogens is 2. The second-order valence-electron chi connectivity index (χ2n) is 3.85. The second kappa shape index (κ2) is 5.41. The Morgan fingerprint density at radius 3 is 2.88 bits per heavy atom. The highest BCUT2D eigenvalue weighted by molar-refractivity contribution is 5.28. The summed E-state index contributed by atoms with van der Waals surface area (Å²) in [4.78, 5) is 8.34. The molecule has 0 saturated heterocycles. The predicted molar refractivity (Wildman–Crippen MR) is 65.6 cm³/mol. The fourth-order valence-corrected chi connectivity index (χ4v) is 1.76. The van der Waals surface area contributed by atoms with Crippen LogP contribution in [0, 0.1) is 0 Å². The Morgan fingerprint density at radius 2 is 2.24 bits per heavy atom. The van der Waals surface area contributed by atoms with Crippen LogP contribution in [-0.4, -0.2) is 22.1 Å². The van der Waals surface area contributed by atoms with Crippen molar-refractivity contribution in [2.45, 2.75) is 12.5 Å². The van der Waals surface area contributed by atoms with Gasteiger partial charge in [0.2, 0.25) is 0 Å². The Kier molecular flexibility index (Phi) is 3.67. The number of hydrogen-bond donors (Lipinski definition) is 2.